The Kier molecular flexibility index (Phi) is 4.65. The Hall–Kier alpha value is 0.130. The van der Waals surface area contributed by atoms with Crippen molar-refractivity contribution in [2.45, 2.75) is 30.9 Å². The quantitative estimate of drug-likeness (QED) is 0.833. The number of hydrogen-bond acceptors (Lipinski definition) is 4. The molecule has 2 N–H and O–H groups in total. The molecule has 0 spiro atoms. The molecule has 0 aromatic rings. The predicted molar refractivity (Wildman–Crippen MR) is 83.8 cm³/mol. The second-order valence-electron chi connectivity index (χ2n) is 6.01. The monoisotopic (exact) mass is 300 g/mol. The maximum atomic E-state index is 12.7. The van der Waals surface area contributed by atoms with Crippen LogP contribution >= 0.6 is 23.5 Å². The summed E-state index contributed by atoms with van der Waals surface area (Å²) in [6.45, 7) is 2.81. The van der Waals surface area contributed by atoms with Gasteiger partial charge in [0, 0.05) is 35.6 Å². The van der Waals surface area contributed by atoms with Crippen LogP contribution in [0.2, 0.25) is 0 Å². The Morgan fingerprint density at radius 1 is 1.37 bits per heavy atom. The molecule has 3 fully saturated rings. The van der Waals surface area contributed by atoms with Gasteiger partial charge in [-0.25, -0.2) is 0 Å². The average Bonchev–Trinajstić information content (AvgIpc) is 2.91. The summed E-state index contributed by atoms with van der Waals surface area (Å²) in [5.41, 5.74) is -0.0786. The Balaban J connectivity index is 1.56. The first-order valence-corrected chi connectivity index (χ1v) is 9.70. The number of carbonyl (C=O) groups is 1. The molecule has 1 saturated carbocycles. The van der Waals surface area contributed by atoms with Gasteiger partial charge >= 0.3 is 0 Å². The van der Waals surface area contributed by atoms with E-state index in [1.807, 2.05) is 23.5 Å². The van der Waals surface area contributed by atoms with Gasteiger partial charge in [-0.3, -0.25) is 4.79 Å². The Bertz CT molecular complexity index is 333. The summed E-state index contributed by atoms with van der Waals surface area (Å²) < 4.78 is 0. The van der Waals surface area contributed by atoms with Crippen LogP contribution in [0.15, 0.2) is 0 Å². The molecular formula is C14H24N2OS2. The van der Waals surface area contributed by atoms with Crippen molar-refractivity contribution < 1.29 is 4.79 Å². The number of hydrogen-bond donors (Lipinski definition) is 2. The topological polar surface area (TPSA) is 41.1 Å². The van der Waals surface area contributed by atoms with Crippen molar-refractivity contribution in [3.05, 3.63) is 0 Å². The average molecular weight is 300 g/mol. The van der Waals surface area contributed by atoms with Crippen LogP contribution in [0.4, 0.5) is 0 Å². The van der Waals surface area contributed by atoms with Crippen LogP contribution in [0.25, 0.3) is 0 Å². The molecule has 1 amide bonds. The first-order valence-electron chi connectivity index (χ1n) is 7.50. The zero-order valence-corrected chi connectivity index (χ0v) is 13.1. The van der Waals surface area contributed by atoms with Gasteiger partial charge in [0.15, 0.2) is 0 Å². The van der Waals surface area contributed by atoms with E-state index in [2.05, 4.69) is 10.6 Å². The molecule has 0 bridgehead atoms. The normalized spacial score (nSPS) is 38.7. The van der Waals surface area contributed by atoms with Gasteiger partial charge in [0.1, 0.15) is 0 Å². The zero-order valence-electron chi connectivity index (χ0n) is 11.5. The molecule has 0 aromatic carbocycles. The molecule has 19 heavy (non-hydrogen) atoms. The van der Waals surface area contributed by atoms with Crippen molar-refractivity contribution >= 4 is 29.4 Å². The maximum absolute atomic E-state index is 12.7. The number of thioether (sulfide) groups is 2. The van der Waals surface area contributed by atoms with Crippen LogP contribution in [0.3, 0.4) is 0 Å². The second-order valence-corrected chi connectivity index (χ2v) is 8.57. The fraction of sp³-hybridized carbons (Fsp3) is 0.929. The van der Waals surface area contributed by atoms with E-state index in [1.165, 1.54) is 36.5 Å². The Labute approximate surface area is 124 Å². The molecule has 2 heterocycles. The fourth-order valence-corrected chi connectivity index (χ4v) is 6.34. The molecule has 3 rings (SSSR count). The Morgan fingerprint density at radius 3 is 3.16 bits per heavy atom. The van der Waals surface area contributed by atoms with Gasteiger partial charge in [-0.05, 0) is 25.3 Å². The third kappa shape index (κ3) is 2.93. The van der Waals surface area contributed by atoms with E-state index in [-0.39, 0.29) is 5.41 Å². The fourth-order valence-electron chi connectivity index (χ4n) is 3.73. The minimum atomic E-state index is -0.0786. The zero-order chi connectivity index (χ0) is 13.1. The van der Waals surface area contributed by atoms with Gasteiger partial charge in [0.25, 0.3) is 0 Å². The highest BCUT2D eigenvalue weighted by atomic mass is 32.2. The highest BCUT2D eigenvalue weighted by Gasteiger charge is 2.49. The number of rotatable bonds is 3. The molecule has 1 aliphatic carbocycles. The van der Waals surface area contributed by atoms with Gasteiger partial charge in [0.05, 0.1) is 5.41 Å². The van der Waals surface area contributed by atoms with Crippen LogP contribution in [0.5, 0.6) is 0 Å². The number of nitrogens with one attached hydrogen (secondary N) is 2. The van der Waals surface area contributed by atoms with Crippen LogP contribution in [0, 0.1) is 11.3 Å². The molecule has 3 atom stereocenters. The van der Waals surface area contributed by atoms with Gasteiger partial charge < -0.3 is 10.6 Å². The van der Waals surface area contributed by atoms with Crippen molar-refractivity contribution in [1.82, 2.24) is 10.6 Å². The SMILES string of the molecule is O=C(NCC1CSCCS1)[C@@]12CCCC[C@H]1CNC2. The molecule has 0 aromatic heterocycles. The highest BCUT2D eigenvalue weighted by molar-refractivity contribution is 8.06. The van der Waals surface area contributed by atoms with Gasteiger partial charge in [-0.15, -0.1) is 0 Å². The van der Waals surface area contributed by atoms with Crippen molar-refractivity contribution in [2.75, 3.05) is 36.9 Å². The van der Waals surface area contributed by atoms with Gasteiger partial charge in [-0.2, -0.15) is 23.5 Å². The first kappa shape index (κ1) is 14.1. The smallest absolute Gasteiger partial charge is 0.227 e. The lowest BCUT2D eigenvalue weighted by atomic mass is 9.67. The van der Waals surface area contributed by atoms with Crippen molar-refractivity contribution in [1.29, 1.82) is 0 Å². The van der Waals surface area contributed by atoms with Crippen LogP contribution in [-0.2, 0) is 4.79 Å². The standard InChI is InChI=1S/C14H24N2OS2/c17-13(16-8-12-9-18-5-6-19-12)14-4-2-1-3-11(14)7-15-10-14/h11-12,15H,1-10H2,(H,16,17)/t11-,12?,14+/m0/s1. The molecular weight excluding hydrogens is 276 g/mol. The molecule has 2 aliphatic heterocycles. The molecule has 2 saturated heterocycles. The number of carbonyl (C=O) groups excluding carboxylic acids is 1. The molecule has 0 radical (unpaired) electrons. The minimum Gasteiger partial charge on any atom is -0.354 e. The van der Waals surface area contributed by atoms with Crippen molar-refractivity contribution in [3.63, 3.8) is 0 Å². The van der Waals surface area contributed by atoms with E-state index < -0.39 is 0 Å². The van der Waals surface area contributed by atoms with E-state index in [0.29, 0.717) is 17.1 Å². The largest absolute Gasteiger partial charge is 0.354 e. The molecule has 3 aliphatic rings. The van der Waals surface area contributed by atoms with E-state index in [4.69, 9.17) is 0 Å². The van der Waals surface area contributed by atoms with Crippen LogP contribution in [-0.4, -0.2) is 48.0 Å². The van der Waals surface area contributed by atoms with Gasteiger partial charge in [0.2, 0.25) is 5.91 Å². The predicted octanol–water partition coefficient (Wildman–Crippen LogP) is 1.73. The van der Waals surface area contributed by atoms with Crippen molar-refractivity contribution in [2.24, 2.45) is 11.3 Å². The third-order valence-electron chi connectivity index (χ3n) is 4.87. The van der Waals surface area contributed by atoms with Crippen LogP contribution in [0.1, 0.15) is 25.7 Å². The summed E-state index contributed by atoms with van der Waals surface area (Å²) in [6.07, 6.45) is 4.84. The van der Waals surface area contributed by atoms with Gasteiger partial charge in [-0.1, -0.05) is 12.8 Å². The molecule has 1 unspecified atom stereocenters. The van der Waals surface area contributed by atoms with E-state index in [9.17, 15) is 4.79 Å². The highest BCUT2D eigenvalue weighted by Crippen LogP contribution is 2.43. The minimum absolute atomic E-state index is 0.0786. The summed E-state index contributed by atoms with van der Waals surface area (Å²) in [7, 11) is 0. The number of fused-ring (bicyclic) bond motifs is 1. The summed E-state index contributed by atoms with van der Waals surface area (Å²) in [5.74, 6) is 4.61. The molecule has 5 heteroatoms. The summed E-state index contributed by atoms with van der Waals surface area (Å²) >= 11 is 4.05. The first-order chi connectivity index (χ1) is 9.31. The molecule has 3 nitrogen and oxygen atoms in total. The maximum Gasteiger partial charge on any atom is 0.227 e. The molecule has 108 valence electrons. The van der Waals surface area contributed by atoms with E-state index in [1.54, 1.807) is 0 Å². The Morgan fingerprint density at radius 2 is 2.32 bits per heavy atom. The van der Waals surface area contributed by atoms with Crippen molar-refractivity contribution in [3.8, 4) is 0 Å². The van der Waals surface area contributed by atoms with Crippen LogP contribution < -0.4 is 10.6 Å². The third-order valence-corrected chi connectivity index (χ3v) is 7.71. The lowest BCUT2D eigenvalue weighted by Crippen LogP contribution is -2.49. The second kappa shape index (κ2) is 6.27. The number of amides is 1. The lowest BCUT2D eigenvalue weighted by Gasteiger charge is -2.37. The summed E-state index contributed by atoms with van der Waals surface area (Å²) in [4.78, 5) is 12.7. The summed E-state index contributed by atoms with van der Waals surface area (Å²) in [6, 6.07) is 0. The summed E-state index contributed by atoms with van der Waals surface area (Å²) in [5, 5.41) is 7.35. The van der Waals surface area contributed by atoms with E-state index in [0.717, 1.165) is 26.1 Å². The van der Waals surface area contributed by atoms with E-state index >= 15 is 0 Å². The lowest BCUT2D eigenvalue weighted by molar-refractivity contribution is -0.133.